The second-order valence-corrected chi connectivity index (χ2v) is 6.96. The number of aromatic nitrogens is 2. The van der Waals surface area contributed by atoms with Crippen LogP contribution in [0.15, 0.2) is 64.2 Å². The maximum atomic E-state index is 13.0. The van der Waals surface area contributed by atoms with Gasteiger partial charge in [-0.05, 0) is 43.2 Å². The third kappa shape index (κ3) is 4.92. The molecule has 0 aliphatic carbocycles. The number of benzene rings is 2. The summed E-state index contributed by atoms with van der Waals surface area (Å²) in [6, 6.07) is 15.8. The molecule has 2 aromatic carbocycles. The first-order valence-electron chi connectivity index (χ1n) is 8.19. The van der Waals surface area contributed by atoms with Crippen LogP contribution in [-0.2, 0) is 11.2 Å². The number of halogens is 1. The summed E-state index contributed by atoms with van der Waals surface area (Å²) in [5.74, 6) is -0.125. The van der Waals surface area contributed by atoms with Gasteiger partial charge in [0.1, 0.15) is 5.82 Å². The summed E-state index contributed by atoms with van der Waals surface area (Å²) in [6.07, 6.45) is 0.777. The molecule has 0 aliphatic rings. The summed E-state index contributed by atoms with van der Waals surface area (Å²) >= 11 is 1.19. The van der Waals surface area contributed by atoms with Gasteiger partial charge >= 0.3 is 0 Å². The highest BCUT2D eigenvalue weighted by molar-refractivity contribution is 8.00. The van der Waals surface area contributed by atoms with E-state index >= 15 is 0 Å². The van der Waals surface area contributed by atoms with Crippen LogP contribution in [0.2, 0.25) is 0 Å². The minimum Gasteiger partial charge on any atom is -0.411 e. The van der Waals surface area contributed by atoms with Gasteiger partial charge in [0, 0.05) is 12.1 Å². The summed E-state index contributed by atoms with van der Waals surface area (Å²) in [7, 11) is 0. The van der Waals surface area contributed by atoms with Crippen LogP contribution in [-0.4, -0.2) is 27.9 Å². The van der Waals surface area contributed by atoms with Crippen LogP contribution in [0.4, 0.5) is 4.39 Å². The maximum absolute atomic E-state index is 13.0. The Balaban J connectivity index is 1.50. The summed E-state index contributed by atoms with van der Waals surface area (Å²) in [5.41, 5.74) is 1.81. The lowest BCUT2D eigenvalue weighted by Crippen LogP contribution is -2.32. The molecule has 0 spiro atoms. The van der Waals surface area contributed by atoms with Crippen molar-refractivity contribution in [1.82, 2.24) is 15.5 Å². The van der Waals surface area contributed by atoms with Crippen LogP contribution < -0.4 is 5.32 Å². The van der Waals surface area contributed by atoms with Crippen molar-refractivity contribution in [2.24, 2.45) is 0 Å². The van der Waals surface area contributed by atoms with Crippen molar-refractivity contribution < 1.29 is 13.6 Å². The summed E-state index contributed by atoms with van der Waals surface area (Å²) in [4.78, 5) is 12.2. The molecule has 0 bridgehead atoms. The van der Waals surface area contributed by atoms with E-state index in [1.165, 1.54) is 29.5 Å². The molecule has 0 saturated carbocycles. The molecule has 1 atom stereocenters. The molecule has 1 aromatic heterocycles. The SMILES string of the molecule is C[C@@H](Sc1nnc(-c2ccc(F)cc2)o1)C(=O)NCCc1ccccc1. The van der Waals surface area contributed by atoms with E-state index in [0.717, 1.165) is 6.42 Å². The Morgan fingerprint density at radius 2 is 1.88 bits per heavy atom. The second kappa shape index (κ2) is 8.62. The number of carbonyl (C=O) groups is 1. The molecule has 0 aliphatic heterocycles. The third-order valence-corrected chi connectivity index (χ3v) is 4.63. The highest BCUT2D eigenvalue weighted by Gasteiger charge is 2.18. The molecule has 0 radical (unpaired) electrons. The van der Waals surface area contributed by atoms with Crippen molar-refractivity contribution >= 4 is 17.7 Å². The van der Waals surface area contributed by atoms with Gasteiger partial charge in [0.2, 0.25) is 11.8 Å². The topological polar surface area (TPSA) is 68.0 Å². The Bertz CT molecular complexity index is 853. The van der Waals surface area contributed by atoms with Crippen LogP contribution in [0, 0.1) is 5.82 Å². The molecule has 1 heterocycles. The molecular formula is C19H18FN3O2S. The Morgan fingerprint density at radius 1 is 1.15 bits per heavy atom. The first kappa shape index (κ1) is 18.1. The number of rotatable bonds is 7. The van der Waals surface area contributed by atoms with Crippen LogP contribution in [0.25, 0.3) is 11.5 Å². The first-order chi connectivity index (χ1) is 12.6. The average Bonchev–Trinajstić information content (AvgIpc) is 3.11. The minimum atomic E-state index is -0.368. The van der Waals surface area contributed by atoms with Crippen molar-refractivity contribution in [3.05, 3.63) is 66.0 Å². The fourth-order valence-electron chi connectivity index (χ4n) is 2.29. The Hall–Kier alpha value is -2.67. The predicted octanol–water partition coefficient (Wildman–Crippen LogP) is 3.72. The molecule has 0 fully saturated rings. The molecule has 5 nitrogen and oxygen atoms in total. The number of carbonyl (C=O) groups excluding carboxylic acids is 1. The molecule has 1 amide bonds. The lowest BCUT2D eigenvalue weighted by Gasteiger charge is -2.09. The van der Waals surface area contributed by atoms with Crippen LogP contribution in [0.5, 0.6) is 0 Å². The third-order valence-electron chi connectivity index (χ3n) is 3.70. The number of hydrogen-bond donors (Lipinski definition) is 1. The average molecular weight is 371 g/mol. The van der Waals surface area contributed by atoms with Crippen molar-refractivity contribution in [3.63, 3.8) is 0 Å². The largest absolute Gasteiger partial charge is 0.411 e. The van der Waals surface area contributed by atoms with Gasteiger partial charge in [0.25, 0.3) is 5.22 Å². The fourth-order valence-corrected chi connectivity index (χ4v) is 3.00. The number of hydrogen-bond acceptors (Lipinski definition) is 5. The molecule has 1 N–H and O–H groups in total. The van der Waals surface area contributed by atoms with E-state index in [1.807, 2.05) is 30.3 Å². The maximum Gasteiger partial charge on any atom is 0.277 e. The summed E-state index contributed by atoms with van der Waals surface area (Å²) in [6.45, 7) is 2.35. The zero-order chi connectivity index (χ0) is 18.4. The van der Waals surface area contributed by atoms with E-state index < -0.39 is 0 Å². The van der Waals surface area contributed by atoms with E-state index in [2.05, 4.69) is 15.5 Å². The molecule has 0 saturated heterocycles. The van der Waals surface area contributed by atoms with Crippen molar-refractivity contribution in [2.45, 2.75) is 23.8 Å². The van der Waals surface area contributed by atoms with Gasteiger partial charge < -0.3 is 9.73 Å². The highest BCUT2D eigenvalue weighted by atomic mass is 32.2. The van der Waals surface area contributed by atoms with E-state index in [-0.39, 0.29) is 17.0 Å². The Labute approximate surface area is 155 Å². The van der Waals surface area contributed by atoms with Gasteiger partial charge in [0.15, 0.2) is 0 Å². The fraction of sp³-hybridized carbons (Fsp3) is 0.211. The smallest absolute Gasteiger partial charge is 0.277 e. The number of nitrogens with zero attached hydrogens (tertiary/aromatic N) is 2. The minimum absolute atomic E-state index is 0.0903. The van der Waals surface area contributed by atoms with E-state index in [4.69, 9.17) is 4.42 Å². The molecule has 3 aromatic rings. The Morgan fingerprint density at radius 3 is 2.62 bits per heavy atom. The zero-order valence-electron chi connectivity index (χ0n) is 14.2. The standard InChI is InChI=1S/C19H18FN3O2S/c1-13(17(24)21-12-11-14-5-3-2-4-6-14)26-19-23-22-18(25-19)15-7-9-16(20)10-8-15/h2-10,13H,11-12H2,1H3,(H,21,24)/t13-/m1/s1. The highest BCUT2D eigenvalue weighted by Crippen LogP contribution is 2.26. The number of nitrogens with one attached hydrogen (secondary N) is 1. The van der Waals surface area contributed by atoms with Gasteiger partial charge in [-0.25, -0.2) is 4.39 Å². The lowest BCUT2D eigenvalue weighted by atomic mass is 10.1. The zero-order valence-corrected chi connectivity index (χ0v) is 15.0. The molecule has 0 unspecified atom stereocenters. The van der Waals surface area contributed by atoms with Crippen molar-refractivity contribution in [1.29, 1.82) is 0 Å². The van der Waals surface area contributed by atoms with Gasteiger partial charge in [-0.3, -0.25) is 4.79 Å². The predicted molar refractivity (Wildman–Crippen MR) is 98.2 cm³/mol. The van der Waals surface area contributed by atoms with Gasteiger partial charge in [-0.15, -0.1) is 10.2 Å². The molecular weight excluding hydrogens is 353 g/mol. The lowest BCUT2D eigenvalue weighted by molar-refractivity contribution is -0.120. The normalized spacial score (nSPS) is 11.9. The molecule has 7 heteroatoms. The molecule has 26 heavy (non-hydrogen) atoms. The molecule has 134 valence electrons. The molecule has 3 rings (SSSR count). The number of thioether (sulfide) groups is 1. The van der Waals surface area contributed by atoms with E-state index in [1.54, 1.807) is 19.1 Å². The first-order valence-corrected chi connectivity index (χ1v) is 9.07. The van der Waals surface area contributed by atoms with Crippen LogP contribution >= 0.6 is 11.8 Å². The van der Waals surface area contributed by atoms with E-state index in [9.17, 15) is 9.18 Å². The van der Waals surface area contributed by atoms with E-state index in [0.29, 0.717) is 23.2 Å². The summed E-state index contributed by atoms with van der Waals surface area (Å²) < 4.78 is 18.5. The van der Waals surface area contributed by atoms with Crippen molar-refractivity contribution in [2.75, 3.05) is 6.54 Å². The van der Waals surface area contributed by atoms with Crippen LogP contribution in [0.3, 0.4) is 0 Å². The summed E-state index contributed by atoms with van der Waals surface area (Å²) in [5, 5.41) is 10.7. The quantitative estimate of drug-likeness (QED) is 0.641. The van der Waals surface area contributed by atoms with Crippen LogP contribution in [0.1, 0.15) is 12.5 Å². The van der Waals surface area contributed by atoms with Gasteiger partial charge in [-0.2, -0.15) is 0 Å². The monoisotopic (exact) mass is 371 g/mol. The second-order valence-electron chi connectivity index (χ2n) is 5.67. The van der Waals surface area contributed by atoms with Crippen molar-refractivity contribution in [3.8, 4) is 11.5 Å². The van der Waals surface area contributed by atoms with Gasteiger partial charge in [-0.1, -0.05) is 42.1 Å². The number of amides is 1. The Kier molecular flexibility index (Phi) is 6.01. The van der Waals surface area contributed by atoms with Gasteiger partial charge in [0.05, 0.1) is 5.25 Å².